The first-order chi connectivity index (χ1) is 9.74. The fraction of sp³-hybridized carbons (Fsp3) is 0.562. The molecule has 108 valence electrons. The quantitative estimate of drug-likeness (QED) is 0.916. The molecule has 2 aliphatic rings. The van der Waals surface area contributed by atoms with Gasteiger partial charge in [0.05, 0.1) is 5.92 Å². The predicted molar refractivity (Wildman–Crippen MR) is 79.0 cm³/mol. The molecule has 2 fully saturated rings. The van der Waals surface area contributed by atoms with Crippen LogP contribution in [0.25, 0.3) is 0 Å². The van der Waals surface area contributed by atoms with Crippen LogP contribution in [0.15, 0.2) is 30.3 Å². The highest BCUT2D eigenvalue weighted by molar-refractivity contribution is 5.70. The minimum atomic E-state index is -0.623. The van der Waals surface area contributed by atoms with Crippen LogP contribution in [0.4, 0.5) is 5.69 Å². The second-order valence-corrected chi connectivity index (χ2v) is 5.87. The third-order valence-electron chi connectivity index (χ3n) is 4.68. The van der Waals surface area contributed by atoms with E-state index in [0.29, 0.717) is 6.04 Å². The molecule has 2 saturated heterocycles. The van der Waals surface area contributed by atoms with Gasteiger partial charge in [0.25, 0.3) is 0 Å². The molecule has 0 radical (unpaired) electrons. The first-order valence-electron chi connectivity index (χ1n) is 7.51. The summed E-state index contributed by atoms with van der Waals surface area (Å²) in [5, 5.41) is 9.05. The van der Waals surface area contributed by atoms with E-state index < -0.39 is 5.97 Å². The Labute approximate surface area is 120 Å². The maximum atomic E-state index is 11.0. The monoisotopic (exact) mass is 274 g/mol. The Morgan fingerprint density at radius 1 is 1.05 bits per heavy atom. The molecule has 0 saturated carbocycles. The number of carboxylic acids is 1. The van der Waals surface area contributed by atoms with Crippen LogP contribution in [0.1, 0.15) is 19.3 Å². The molecule has 1 atom stereocenters. The Balaban J connectivity index is 1.55. The van der Waals surface area contributed by atoms with Crippen molar-refractivity contribution in [2.75, 3.05) is 31.1 Å². The molecule has 0 aromatic heterocycles. The minimum absolute atomic E-state index is 0.127. The van der Waals surface area contributed by atoms with Crippen molar-refractivity contribution in [2.45, 2.75) is 25.3 Å². The average Bonchev–Trinajstić information content (AvgIpc) is 2.98. The zero-order valence-corrected chi connectivity index (χ0v) is 11.7. The fourth-order valence-corrected chi connectivity index (χ4v) is 3.42. The molecule has 2 aliphatic heterocycles. The molecule has 4 nitrogen and oxygen atoms in total. The Hall–Kier alpha value is -1.55. The molecule has 0 aliphatic carbocycles. The van der Waals surface area contributed by atoms with Crippen molar-refractivity contribution in [2.24, 2.45) is 5.92 Å². The highest BCUT2D eigenvalue weighted by Gasteiger charge is 2.32. The maximum absolute atomic E-state index is 11.0. The predicted octanol–water partition coefficient (Wildman–Crippen LogP) is 2.06. The van der Waals surface area contributed by atoms with Crippen LogP contribution in [0.5, 0.6) is 0 Å². The number of benzene rings is 1. The van der Waals surface area contributed by atoms with Gasteiger partial charge in [0.2, 0.25) is 0 Å². The van der Waals surface area contributed by atoms with Crippen LogP contribution in [0, 0.1) is 5.92 Å². The van der Waals surface area contributed by atoms with Gasteiger partial charge in [-0.3, -0.25) is 9.69 Å². The number of carbonyl (C=O) groups is 1. The third-order valence-corrected chi connectivity index (χ3v) is 4.68. The van der Waals surface area contributed by atoms with Crippen LogP contribution >= 0.6 is 0 Å². The topological polar surface area (TPSA) is 43.8 Å². The molecule has 0 spiro atoms. The van der Waals surface area contributed by atoms with Crippen LogP contribution in [-0.4, -0.2) is 48.2 Å². The average molecular weight is 274 g/mol. The molecule has 3 rings (SSSR count). The van der Waals surface area contributed by atoms with Gasteiger partial charge in [-0.1, -0.05) is 18.2 Å². The van der Waals surface area contributed by atoms with E-state index in [4.69, 9.17) is 5.11 Å². The van der Waals surface area contributed by atoms with Gasteiger partial charge < -0.3 is 10.0 Å². The Kier molecular flexibility index (Phi) is 3.92. The molecular formula is C16H22N2O2. The lowest BCUT2D eigenvalue weighted by Crippen LogP contribution is -2.44. The van der Waals surface area contributed by atoms with E-state index in [1.165, 1.54) is 12.1 Å². The second kappa shape index (κ2) is 5.83. The van der Waals surface area contributed by atoms with Gasteiger partial charge in [0.15, 0.2) is 0 Å². The van der Waals surface area contributed by atoms with Crippen molar-refractivity contribution >= 4 is 11.7 Å². The van der Waals surface area contributed by atoms with E-state index >= 15 is 0 Å². The van der Waals surface area contributed by atoms with Crippen molar-refractivity contribution in [3.8, 4) is 0 Å². The number of likely N-dealkylation sites (tertiary alicyclic amines) is 1. The summed E-state index contributed by atoms with van der Waals surface area (Å²) in [5.41, 5.74) is 1.30. The van der Waals surface area contributed by atoms with Crippen molar-refractivity contribution < 1.29 is 9.90 Å². The maximum Gasteiger partial charge on any atom is 0.306 e. The molecule has 0 bridgehead atoms. The van der Waals surface area contributed by atoms with Gasteiger partial charge in [-0.05, 0) is 44.5 Å². The smallest absolute Gasteiger partial charge is 0.306 e. The van der Waals surface area contributed by atoms with Crippen LogP contribution in [0.3, 0.4) is 0 Å². The molecule has 1 aromatic rings. The lowest BCUT2D eigenvalue weighted by Gasteiger charge is -2.34. The molecule has 20 heavy (non-hydrogen) atoms. The van der Waals surface area contributed by atoms with Crippen LogP contribution < -0.4 is 4.90 Å². The van der Waals surface area contributed by atoms with Crippen molar-refractivity contribution in [1.82, 2.24) is 4.90 Å². The molecule has 1 N–H and O–H groups in total. The summed E-state index contributed by atoms with van der Waals surface area (Å²) in [4.78, 5) is 15.9. The molecule has 4 heteroatoms. The van der Waals surface area contributed by atoms with Gasteiger partial charge in [-0.25, -0.2) is 0 Å². The molecule has 0 unspecified atom stereocenters. The third kappa shape index (κ3) is 2.80. The zero-order chi connectivity index (χ0) is 13.9. The van der Waals surface area contributed by atoms with Gasteiger partial charge in [-0.2, -0.15) is 0 Å². The van der Waals surface area contributed by atoms with Crippen molar-refractivity contribution in [3.05, 3.63) is 30.3 Å². The van der Waals surface area contributed by atoms with Crippen LogP contribution in [-0.2, 0) is 4.79 Å². The van der Waals surface area contributed by atoms with Gasteiger partial charge in [-0.15, -0.1) is 0 Å². The summed E-state index contributed by atoms with van der Waals surface area (Å²) in [6.07, 6.45) is 2.79. The molecule has 1 aromatic carbocycles. The van der Waals surface area contributed by atoms with E-state index in [-0.39, 0.29) is 5.92 Å². The lowest BCUT2D eigenvalue weighted by atomic mass is 9.96. The van der Waals surface area contributed by atoms with E-state index in [2.05, 4.69) is 34.1 Å². The van der Waals surface area contributed by atoms with E-state index in [1.54, 1.807) is 0 Å². The number of hydrogen-bond donors (Lipinski definition) is 1. The number of aliphatic carboxylic acids is 1. The SMILES string of the molecule is O=C(O)C1CCN([C@@H]2CCN(c3ccccc3)C2)CC1. The molecule has 2 heterocycles. The summed E-state index contributed by atoms with van der Waals surface area (Å²) in [6.45, 7) is 4.05. The summed E-state index contributed by atoms with van der Waals surface area (Å²) >= 11 is 0. The number of anilines is 1. The Morgan fingerprint density at radius 2 is 1.75 bits per heavy atom. The van der Waals surface area contributed by atoms with Gasteiger partial charge in [0.1, 0.15) is 0 Å². The number of para-hydroxylation sites is 1. The first kappa shape index (κ1) is 13.4. The molecular weight excluding hydrogens is 252 g/mol. The number of hydrogen-bond acceptors (Lipinski definition) is 3. The normalized spacial score (nSPS) is 25.0. The van der Waals surface area contributed by atoms with Crippen molar-refractivity contribution in [3.63, 3.8) is 0 Å². The number of carboxylic acid groups (broad SMARTS) is 1. The standard InChI is InChI=1S/C16H22N2O2/c19-16(20)13-6-9-17(10-7-13)15-8-11-18(12-15)14-4-2-1-3-5-14/h1-5,13,15H,6-12H2,(H,19,20)/t15-/m1/s1. The number of rotatable bonds is 3. The van der Waals surface area contributed by atoms with E-state index in [1.807, 2.05) is 6.07 Å². The fourth-order valence-electron chi connectivity index (χ4n) is 3.42. The summed E-state index contributed by atoms with van der Waals surface area (Å²) < 4.78 is 0. The Morgan fingerprint density at radius 3 is 2.40 bits per heavy atom. The largest absolute Gasteiger partial charge is 0.481 e. The minimum Gasteiger partial charge on any atom is -0.481 e. The summed E-state index contributed by atoms with van der Waals surface area (Å²) in [7, 11) is 0. The highest BCUT2D eigenvalue weighted by Crippen LogP contribution is 2.26. The number of piperidine rings is 1. The second-order valence-electron chi connectivity index (χ2n) is 5.87. The lowest BCUT2D eigenvalue weighted by molar-refractivity contribution is -0.143. The summed E-state index contributed by atoms with van der Waals surface area (Å²) in [5.74, 6) is -0.750. The van der Waals surface area contributed by atoms with Gasteiger partial charge >= 0.3 is 5.97 Å². The summed E-state index contributed by atoms with van der Waals surface area (Å²) in [6, 6.07) is 11.1. The van der Waals surface area contributed by atoms with Gasteiger partial charge in [0, 0.05) is 24.8 Å². The highest BCUT2D eigenvalue weighted by atomic mass is 16.4. The molecule has 0 amide bonds. The first-order valence-corrected chi connectivity index (χ1v) is 7.51. The van der Waals surface area contributed by atoms with E-state index in [0.717, 1.165) is 39.0 Å². The zero-order valence-electron chi connectivity index (χ0n) is 11.7. The van der Waals surface area contributed by atoms with E-state index in [9.17, 15) is 4.79 Å². The number of nitrogens with zero attached hydrogens (tertiary/aromatic N) is 2. The Bertz CT molecular complexity index is 455. The van der Waals surface area contributed by atoms with Crippen molar-refractivity contribution in [1.29, 1.82) is 0 Å². The van der Waals surface area contributed by atoms with Crippen LogP contribution in [0.2, 0.25) is 0 Å².